The SMILES string of the molecule is Cc1ccc2c(c1)C1(c3cc(C)ccc3-2)c2cc(C)ccc2-c2ccc(N(c3ccc4c5ccccc5c5ccccc5c4c3)c3ccccc3-c3ccccc3)cc21. The number of fused-ring (bicyclic) bond motifs is 16. The summed E-state index contributed by atoms with van der Waals surface area (Å²) in [5.41, 5.74) is 19.9. The van der Waals surface area contributed by atoms with Crippen LogP contribution in [0.15, 0.2) is 194 Å². The van der Waals surface area contributed by atoms with Gasteiger partial charge in [-0.2, -0.15) is 0 Å². The molecule has 0 aromatic heterocycles. The Morgan fingerprint density at radius 1 is 0.305 bits per heavy atom. The summed E-state index contributed by atoms with van der Waals surface area (Å²) < 4.78 is 0. The number of benzene rings is 10. The summed E-state index contributed by atoms with van der Waals surface area (Å²) in [7, 11) is 0. The summed E-state index contributed by atoms with van der Waals surface area (Å²) in [5.74, 6) is 0. The molecule has 0 N–H and O–H groups in total. The Kier molecular flexibility index (Phi) is 7.26. The number of para-hydroxylation sites is 1. The Morgan fingerprint density at radius 2 is 0.712 bits per heavy atom. The average molecular weight is 752 g/mol. The molecule has 0 heterocycles. The van der Waals surface area contributed by atoms with Crippen LogP contribution in [0.2, 0.25) is 0 Å². The lowest BCUT2D eigenvalue weighted by molar-refractivity contribution is 0.790. The molecule has 0 fully saturated rings. The molecule has 0 saturated heterocycles. The highest BCUT2D eigenvalue weighted by atomic mass is 15.1. The highest BCUT2D eigenvalue weighted by Gasteiger charge is 2.52. The zero-order valence-corrected chi connectivity index (χ0v) is 33.4. The van der Waals surface area contributed by atoms with Gasteiger partial charge in [0, 0.05) is 16.9 Å². The molecule has 2 aliphatic rings. The molecule has 0 atom stereocenters. The summed E-state index contributed by atoms with van der Waals surface area (Å²) in [6.07, 6.45) is 0. The molecule has 1 heteroatoms. The molecule has 0 saturated carbocycles. The second kappa shape index (κ2) is 12.6. The maximum absolute atomic E-state index is 2.53. The van der Waals surface area contributed by atoms with E-state index in [-0.39, 0.29) is 0 Å². The van der Waals surface area contributed by atoms with E-state index in [4.69, 9.17) is 0 Å². The minimum atomic E-state index is -0.460. The van der Waals surface area contributed by atoms with Gasteiger partial charge < -0.3 is 4.90 Å². The normalized spacial score (nSPS) is 13.1. The molecule has 278 valence electrons. The van der Waals surface area contributed by atoms with Crippen LogP contribution >= 0.6 is 0 Å². The third-order valence-electron chi connectivity index (χ3n) is 13.2. The van der Waals surface area contributed by atoms with Crippen molar-refractivity contribution in [2.45, 2.75) is 26.2 Å². The zero-order chi connectivity index (χ0) is 39.4. The summed E-state index contributed by atoms with van der Waals surface area (Å²) in [6.45, 7) is 6.71. The first-order valence-electron chi connectivity index (χ1n) is 20.8. The fraction of sp³-hybridized carbons (Fsp3) is 0.0690. The van der Waals surface area contributed by atoms with Crippen LogP contribution in [0.4, 0.5) is 17.1 Å². The first kappa shape index (κ1) is 33.9. The summed E-state index contributed by atoms with van der Waals surface area (Å²) >= 11 is 0. The lowest BCUT2D eigenvalue weighted by Crippen LogP contribution is -2.26. The number of rotatable bonds is 4. The number of anilines is 3. The largest absolute Gasteiger partial charge is 0.310 e. The van der Waals surface area contributed by atoms with E-state index >= 15 is 0 Å². The molecular weight excluding hydrogens is 711 g/mol. The van der Waals surface area contributed by atoms with Crippen molar-refractivity contribution in [1.29, 1.82) is 0 Å². The molecule has 12 rings (SSSR count). The molecule has 0 radical (unpaired) electrons. The van der Waals surface area contributed by atoms with E-state index in [1.54, 1.807) is 0 Å². The molecule has 1 spiro atoms. The van der Waals surface area contributed by atoms with E-state index < -0.39 is 5.41 Å². The van der Waals surface area contributed by atoms with E-state index in [1.165, 1.54) is 105 Å². The highest BCUT2D eigenvalue weighted by molar-refractivity contribution is 6.25. The summed E-state index contributed by atoms with van der Waals surface area (Å²) in [5, 5.41) is 7.63. The fourth-order valence-electron chi connectivity index (χ4n) is 10.7. The van der Waals surface area contributed by atoms with Gasteiger partial charge in [0.05, 0.1) is 11.1 Å². The van der Waals surface area contributed by atoms with E-state index in [0.717, 1.165) is 17.1 Å². The van der Waals surface area contributed by atoms with Crippen LogP contribution in [0.3, 0.4) is 0 Å². The second-order valence-electron chi connectivity index (χ2n) is 16.7. The molecule has 0 bridgehead atoms. The van der Waals surface area contributed by atoms with Gasteiger partial charge in [0.1, 0.15) is 0 Å². The van der Waals surface area contributed by atoms with Crippen molar-refractivity contribution in [2.75, 3.05) is 4.90 Å². The maximum Gasteiger partial charge on any atom is 0.0726 e. The van der Waals surface area contributed by atoms with Crippen molar-refractivity contribution in [3.63, 3.8) is 0 Å². The third kappa shape index (κ3) is 4.79. The fourth-order valence-corrected chi connectivity index (χ4v) is 10.7. The lowest BCUT2D eigenvalue weighted by Gasteiger charge is -2.33. The minimum Gasteiger partial charge on any atom is -0.310 e. The highest BCUT2D eigenvalue weighted by Crippen LogP contribution is 2.64. The van der Waals surface area contributed by atoms with Crippen LogP contribution in [-0.4, -0.2) is 0 Å². The molecule has 10 aromatic rings. The topological polar surface area (TPSA) is 3.24 Å². The van der Waals surface area contributed by atoms with E-state index in [0.29, 0.717) is 0 Å². The maximum atomic E-state index is 2.53. The Bertz CT molecular complexity index is 3260. The first-order valence-corrected chi connectivity index (χ1v) is 20.8. The average Bonchev–Trinajstić information content (AvgIpc) is 3.72. The van der Waals surface area contributed by atoms with Crippen molar-refractivity contribution in [3.05, 3.63) is 233 Å². The van der Waals surface area contributed by atoms with Crippen molar-refractivity contribution in [1.82, 2.24) is 0 Å². The van der Waals surface area contributed by atoms with Gasteiger partial charge in [-0.1, -0.05) is 180 Å². The Balaban J connectivity index is 1.18. The standard InChI is InChI=1S/C58H41N/c1-36-21-26-48-49-27-22-37(2)32-54(49)58(53(48)31-36)55-33-38(3)23-28-50(55)51-30-25-41(35-56(51)58)59(57-20-12-11-15-42(57)39-13-5-4-6-14-39)40-24-29-47-45-18-8-7-16-43(45)44-17-9-10-19-46(44)52(47)34-40/h4-35H,1-3H3. The van der Waals surface area contributed by atoms with Crippen LogP contribution < -0.4 is 4.90 Å². The first-order chi connectivity index (χ1) is 29.0. The van der Waals surface area contributed by atoms with Gasteiger partial charge in [0.25, 0.3) is 0 Å². The molecule has 1 nitrogen and oxygen atoms in total. The number of nitrogens with zero attached hydrogens (tertiary/aromatic N) is 1. The van der Waals surface area contributed by atoms with Crippen molar-refractivity contribution >= 4 is 49.4 Å². The van der Waals surface area contributed by atoms with Gasteiger partial charge in [-0.05, 0) is 133 Å². The molecule has 10 aromatic carbocycles. The molecular formula is C58H41N. The predicted molar refractivity (Wildman–Crippen MR) is 250 cm³/mol. The van der Waals surface area contributed by atoms with Gasteiger partial charge in [-0.25, -0.2) is 0 Å². The number of hydrogen-bond donors (Lipinski definition) is 0. The molecule has 0 unspecified atom stereocenters. The molecule has 0 amide bonds. The van der Waals surface area contributed by atoms with Gasteiger partial charge in [0.2, 0.25) is 0 Å². The monoisotopic (exact) mass is 751 g/mol. The van der Waals surface area contributed by atoms with Gasteiger partial charge >= 0.3 is 0 Å². The Hall–Kier alpha value is -7.22. The van der Waals surface area contributed by atoms with Crippen molar-refractivity contribution < 1.29 is 0 Å². The van der Waals surface area contributed by atoms with Crippen LogP contribution in [0.1, 0.15) is 38.9 Å². The third-order valence-corrected chi connectivity index (χ3v) is 13.2. The van der Waals surface area contributed by atoms with Crippen LogP contribution in [-0.2, 0) is 5.41 Å². The van der Waals surface area contributed by atoms with Crippen LogP contribution in [0.25, 0.3) is 65.7 Å². The summed E-state index contributed by atoms with van der Waals surface area (Å²) in [6, 6.07) is 73.2. The molecule has 59 heavy (non-hydrogen) atoms. The summed E-state index contributed by atoms with van der Waals surface area (Å²) in [4.78, 5) is 2.51. The van der Waals surface area contributed by atoms with Gasteiger partial charge in [-0.15, -0.1) is 0 Å². The van der Waals surface area contributed by atoms with Crippen molar-refractivity contribution in [2.24, 2.45) is 0 Å². The predicted octanol–water partition coefficient (Wildman–Crippen LogP) is 15.6. The van der Waals surface area contributed by atoms with Crippen molar-refractivity contribution in [3.8, 4) is 33.4 Å². The quantitative estimate of drug-likeness (QED) is 0.162. The smallest absolute Gasteiger partial charge is 0.0726 e. The second-order valence-corrected chi connectivity index (χ2v) is 16.7. The number of aryl methyl sites for hydroxylation is 3. The molecule has 0 aliphatic heterocycles. The minimum absolute atomic E-state index is 0.460. The van der Waals surface area contributed by atoms with E-state index in [1.807, 2.05) is 0 Å². The Labute approximate surface area is 345 Å². The lowest BCUT2D eigenvalue weighted by atomic mass is 9.70. The van der Waals surface area contributed by atoms with Crippen LogP contribution in [0, 0.1) is 20.8 Å². The number of hydrogen-bond acceptors (Lipinski definition) is 1. The van der Waals surface area contributed by atoms with Gasteiger partial charge in [0.15, 0.2) is 0 Å². The molecule has 2 aliphatic carbocycles. The van der Waals surface area contributed by atoms with Gasteiger partial charge in [-0.3, -0.25) is 0 Å². The van der Waals surface area contributed by atoms with Crippen LogP contribution in [0.5, 0.6) is 0 Å². The Morgan fingerprint density at radius 3 is 1.27 bits per heavy atom. The van der Waals surface area contributed by atoms with E-state index in [2.05, 4.69) is 220 Å². The zero-order valence-electron chi connectivity index (χ0n) is 33.4. The van der Waals surface area contributed by atoms with E-state index in [9.17, 15) is 0 Å².